The molecule has 0 N–H and O–H groups in total. The van der Waals surface area contributed by atoms with Gasteiger partial charge in [0.1, 0.15) is 11.3 Å². The van der Waals surface area contributed by atoms with E-state index in [-0.39, 0.29) is 11.5 Å². The topological polar surface area (TPSA) is 72.5 Å². The standard InChI is InChI=1S/C21H29O5/c1-2-20(22)26-17-13-9-7-5-3-4-6-8-12-16-25-19-15-11-10-14-18(19)21(23)24/h2,10-11,14-15H,1,3-9,12-13,16-17H2. The Kier molecular flexibility index (Phi) is 11.6. The number of hydrogen-bond acceptors (Lipinski definition) is 4. The molecule has 1 radical (unpaired) electrons. The first-order valence-electron chi connectivity index (χ1n) is 9.37. The number of hydrogen-bond donors (Lipinski definition) is 0. The van der Waals surface area contributed by atoms with Gasteiger partial charge in [0.25, 0.3) is 0 Å². The van der Waals surface area contributed by atoms with Gasteiger partial charge >= 0.3 is 11.9 Å². The first-order chi connectivity index (χ1) is 12.6. The highest BCUT2D eigenvalue weighted by Crippen LogP contribution is 2.18. The van der Waals surface area contributed by atoms with Gasteiger partial charge in [0.15, 0.2) is 0 Å². The summed E-state index contributed by atoms with van der Waals surface area (Å²) in [7, 11) is 0. The Morgan fingerprint density at radius 1 is 0.846 bits per heavy atom. The average Bonchev–Trinajstić information content (AvgIpc) is 2.65. The fourth-order valence-corrected chi connectivity index (χ4v) is 2.62. The van der Waals surface area contributed by atoms with Crippen LogP contribution in [0.4, 0.5) is 0 Å². The minimum Gasteiger partial charge on any atom is -0.493 e. The highest BCUT2D eigenvalue weighted by molar-refractivity contribution is 5.90. The maximum absolute atomic E-state index is 11.0. The number of unbranched alkanes of at least 4 members (excludes halogenated alkanes) is 8. The third kappa shape index (κ3) is 9.87. The minimum atomic E-state index is -1.21. The van der Waals surface area contributed by atoms with Crippen LogP contribution in [0.2, 0.25) is 0 Å². The second-order valence-electron chi connectivity index (χ2n) is 6.19. The van der Waals surface area contributed by atoms with E-state index in [0.717, 1.165) is 38.5 Å². The monoisotopic (exact) mass is 361 g/mol. The van der Waals surface area contributed by atoms with Gasteiger partial charge in [-0.05, 0) is 25.0 Å². The van der Waals surface area contributed by atoms with Gasteiger partial charge < -0.3 is 9.47 Å². The molecule has 0 amide bonds. The zero-order chi connectivity index (χ0) is 19.0. The number of carbonyl (C=O) groups excluding carboxylic acids is 2. The summed E-state index contributed by atoms with van der Waals surface area (Å²) in [5.74, 6) is -1.18. The van der Waals surface area contributed by atoms with E-state index in [1.165, 1.54) is 31.4 Å². The van der Waals surface area contributed by atoms with Gasteiger partial charge in [0.05, 0.1) is 13.2 Å². The second kappa shape index (κ2) is 13.9. The lowest BCUT2D eigenvalue weighted by molar-refractivity contribution is -0.137. The second-order valence-corrected chi connectivity index (χ2v) is 6.19. The largest absolute Gasteiger partial charge is 0.493 e. The lowest BCUT2D eigenvalue weighted by Gasteiger charge is -2.08. The number of carbonyl (C=O) groups is 2. The van der Waals surface area contributed by atoms with Gasteiger partial charge in [-0.15, -0.1) is 0 Å². The van der Waals surface area contributed by atoms with Crippen molar-refractivity contribution in [1.29, 1.82) is 0 Å². The van der Waals surface area contributed by atoms with E-state index < -0.39 is 5.97 Å². The summed E-state index contributed by atoms with van der Waals surface area (Å²) in [6.07, 6.45) is 11.1. The van der Waals surface area contributed by atoms with Gasteiger partial charge in [-0.2, -0.15) is 0 Å². The van der Waals surface area contributed by atoms with E-state index in [1.807, 2.05) is 0 Å². The zero-order valence-electron chi connectivity index (χ0n) is 15.4. The lowest BCUT2D eigenvalue weighted by Crippen LogP contribution is -2.03. The number of benzene rings is 1. The SMILES string of the molecule is C=CC(=O)OCCCCCCCCCCCOc1ccccc1C([O])=O. The van der Waals surface area contributed by atoms with Gasteiger partial charge in [-0.25, -0.2) is 14.7 Å². The number of rotatable bonds is 15. The summed E-state index contributed by atoms with van der Waals surface area (Å²) < 4.78 is 10.5. The first kappa shape index (κ1) is 21.7. The van der Waals surface area contributed by atoms with Crippen LogP contribution in [0.1, 0.15) is 68.1 Å². The van der Waals surface area contributed by atoms with E-state index in [1.54, 1.807) is 18.2 Å². The number of esters is 1. The van der Waals surface area contributed by atoms with Crippen LogP contribution in [0.3, 0.4) is 0 Å². The highest BCUT2D eigenvalue weighted by atomic mass is 16.5. The quantitative estimate of drug-likeness (QED) is 0.254. The smallest absolute Gasteiger partial charge is 0.390 e. The van der Waals surface area contributed by atoms with E-state index in [4.69, 9.17) is 9.47 Å². The van der Waals surface area contributed by atoms with Crippen molar-refractivity contribution in [2.75, 3.05) is 13.2 Å². The Morgan fingerprint density at radius 2 is 1.38 bits per heavy atom. The molecular formula is C21H29O5. The minimum absolute atomic E-state index is 0.103. The number of para-hydroxylation sites is 1. The summed E-state index contributed by atoms with van der Waals surface area (Å²) in [6.45, 7) is 4.35. The van der Waals surface area contributed by atoms with Crippen LogP contribution in [0, 0.1) is 0 Å². The van der Waals surface area contributed by atoms with Crippen LogP contribution in [0.15, 0.2) is 36.9 Å². The lowest BCUT2D eigenvalue weighted by atomic mass is 10.1. The molecule has 143 valence electrons. The van der Waals surface area contributed by atoms with Crippen molar-refractivity contribution in [1.82, 2.24) is 0 Å². The highest BCUT2D eigenvalue weighted by Gasteiger charge is 2.11. The molecule has 0 atom stereocenters. The van der Waals surface area contributed by atoms with Gasteiger partial charge in [0.2, 0.25) is 0 Å². The Balaban J connectivity index is 1.92. The molecule has 0 saturated carbocycles. The zero-order valence-corrected chi connectivity index (χ0v) is 15.4. The molecule has 5 heteroatoms. The van der Waals surface area contributed by atoms with Crippen LogP contribution in [0.5, 0.6) is 5.75 Å². The predicted molar refractivity (Wildman–Crippen MR) is 99.7 cm³/mol. The fraction of sp³-hybridized carbons (Fsp3) is 0.524. The molecule has 0 aliphatic heterocycles. The van der Waals surface area contributed by atoms with E-state index in [2.05, 4.69) is 6.58 Å². The maximum Gasteiger partial charge on any atom is 0.390 e. The molecule has 0 saturated heterocycles. The van der Waals surface area contributed by atoms with E-state index in [9.17, 15) is 14.7 Å². The molecule has 0 aromatic heterocycles. The summed E-state index contributed by atoms with van der Waals surface area (Å²) in [4.78, 5) is 21.8. The van der Waals surface area contributed by atoms with Crippen LogP contribution in [-0.2, 0) is 14.6 Å². The van der Waals surface area contributed by atoms with Crippen molar-refractivity contribution in [3.8, 4) is 5.75 Å². The molecule has 0 fully saturated rings. The molecular weight excluding hydrogens is 332 g/mol. The van der Waals surface area contributed by atoms with Crippen molar-refractivity contribution >= 4 is 11.9 Å². The molecule has 0 aliphatic carbocycles. The molecule has 0 aliphatic rings. The van der Waals surface area contributed by atoms with E-state index in [0.29, 0.717) is 19.0 Å². The van der Waals surface area contributed by atoms with Crippen molar-refractivity contribution < 1.29 is 24.2 Å². The summed E-state index contributed by atoms with van der Waals surface area (Å²) in [5, 5.41) is 11.0. The Labute approximate surface area is 156 Å². The predicted octanol–water partition coefficient (Wildman–Crippen LogP) is 4.88. The Bertz CT molecular complexity index is 553. The molecule has 1 aromatic rings. The van der Waals surface area contributed by atoms with Gasteiger partial charge in [0, 0.05) is 6.08 Å². The van der Waals surface area contributed by atoms with E-state index >= 15 is 0 Å². The molecule has 0 heterocycles. The van der Waals surface area contributed by atoms with Crippen molar-refractivity contribution in [3.05, 3.63) is 42.5 Å². The molecule has 1 aromatic carbocycles. The molecule has 1 rings (SSSR count). The third-order valence-corrected chi connectivity index (χ3v) is 4.06. The fourth-order valence-electron chi connectivity index (χ4n) is 2.62. The molecule has 26 heavy (non-hydrogen) atoms. The normalized spacial score (nSPS) is 10.3. The molecule has 5 nitrogen and oxygen atoms in total. The van der Waals surface area contributed by atoms with Crippen molar-refractivity contribution in [2.45, 2.75) is 57.8 Å². The molecule has 0 bridgehead atoms. The van der Waals surface area contributed by atoms with Crippen LogP contribution in [-0.4, -0.2) is 25.2 Å². The van der Waals surface area contributed by atoms with Crippen LogP contribution < -0.4 is 4.74 Å². The summed E-state index contributed by atoms with van der Waals surface area (Å²) >= 11 is 0. The summed E-state index contributed by atoms with van der Waals surface area (Å²) in [5.41, 5.74) is 0.103. The van der Waals surface area contributed by atoms with Gasteiger partial charge in [-0.3, -0.25) is 0 Å². The number of ether oxygens (including phenoxy) is 2. The third-order valence-electron chi connectivity index (χ3n) is 4.06. The first-order valence-corrected chi connectivity index (χ1v) is 9.37. The summed E-state index contributed by atoms with van der Waals surface area (Å²) in [6, 6.07) is 6.56. The molecule has 0 spiro atoms. The van der Waals surface area contributed by atoms with Gasteiger partial charge in [-0.1, -0.05) is 63.7 Å². The van der Waals surface area contributed by atoms with Crippen LogP contribution in [0.25, 0.3) is 0 Å². The van der Waals surface area contributed by atoms with Crippen molar-refractivity contribution in [3.63, 3.8) is 0 Å². The van der Waals surface area contributed by atoms with Crippen molar-refractivity contribution in [2.24, 2.45) is 0 Å². The Morgan fingerprint density at radius 3 is 1.96 bits per heavy atom. The van der Waals surface area contributed by atoms with Crippen LogP contribution >= 0.6 is 0 Å². The Hall–Kier alpha value is -2.30. The molecule has 0 unspecified atom stereocenters. The average molecular weight is 361 g/mol. The maximum atomic E-state index is 11.0.